The Morgan fingerprint density at radius 2 is 1.05 bits per heavy atom. The molecule has 2 aliphatic heterocycles. The van der Waals surface area contributed by atoms with Gasteiger partial charge in [-0.15, -0.1) is 0 Å². The highest BCUT2D eigenvalue weighted by molar-refractivity contribution is 5.54. The second-order valence-corrected chi connectivity index (χ2v) is 14.0. The van der Waals surface area contributed by atoms with Crippen molar-refractivity contribution in [3.8, 4) is 11.5 Å². The van der Waals surface area contributed by atoms with Crippen LogP contribution in [0.3, 0.4) is 0 Å². The van der Waals surface area contributed by atoms with Gasteiger partial charge in [-0.05, 0) is 59.1 Å². The molecule has 4 rings (SSSR count). The minimum atomic E-state index is -0.762. The van der Waals surface area contributed by atoms with Gasteiger partial charge in [-0.2, -0.15) is 0 Å². The lowest BCUT2D eigenvalue weighted by Crippen LogP contribution is -2.33. The van der Waals surface area contributed by atoms with Crippen LogP contribution in [-0.4, -0.2) is 36.6 Å². The summed E-state index contributed by atoms with van der Waals surface area (Å²) in [7, 11) is 0. The number of fused-ring (bicyclic) bond motifs is 6. The number of hydrogen-bond donors (Lipinski definition) is 2. The molecule has 2 N–H and O–H groups in total. The van der Waals surface area contributed by atoms with Gasteiger partial charge in [0.2, 0.25) is 12.6 Å². The van der Waals surface area contributed by atoms with Gasteiger partial charge in [-0.25, -0.2) is 0 Å². The highest BCUT2D eigenvalue weighted by Gasteiger charge is 2.42. The molecule has 0 aromatic heterocycles. The van der Waals surface area contributed by atoms with Gasteiger partial charge in [0.15, 0.2) is 0 Å². The van der Waals surface area contributed by atoms with Crippen molar-refractivity contribution >= 4 is 0 Å². The summed E-state index contributed by atoms with van der Waals surface area (Å²) in [6.45, 7) is 19.5. The molecule has 0 fully saturated rings. The van der Waals surface area contributed by atoms with Crippen molar-refractivity contribution < 1.29 is 33.9 Å². The van der Waals surface area contributed by atoms with E-state index in [9.17, 15) is 10.2 Å². The molecule has 0 saturated heterocycles. The molecule has 2 aliphatic rings. The molecule has 2 aromatic carbocycles. The molecule has 2 aromatic rings. The monoisotopic (exact) mass is 598 g/mol. The molecule has 7 nitrogen and oxygen atoms in total. The van der Waals surface area contributed by atoms with Crippen molar-refractivity contribution in [2.24, 2.45) is 0 Å². The molecule has 240 valence electrons. The Morgan fingerprint density at radius 1 is 0.651 bits per heavy atom. The van der Waals surface area contributed by atoms with Crippen LogP contribution < -0.4 is 9.47 Å². The molecular weight excluding hydrogens is 544 g/mol. The first-order chi connectivity index (χ1) is 20.3. The van der Waals surface area contributed by atoms with E-state index in [1.165, 1.54) is 0 Å². The van der Waals surface area contributed by atoms with E-state index < -0.39 is 24.8 Å². The van der Waals surface area contributed by atoms with E-state index >= 15 is 0 Å². The van der Waals surface area contributed by atoms with Gasteiger partial charge in [0, 0.05) is 50.4 Å². The topological polar surface area (TPSA) is 86.6 Å². The lowest BCUT2D eigenvalue weighted by atomic mass is 9.82. The Hall–Kier alpha value is -2.16. The fourth-order valence-electron chi connectivity index (χ4n) is 5.39. The Kier molecular flexibility index (Phi) is 11.2. The lowest BCUT2D eigenvalue weighted by molar-refractivity contribution is -0.228. The third-order valence-electron chi connectivity index (χ3n) is 8.30. The fraction of sp³-hybridized carbons (Fsp3) is 0.667. The first-order valence-corrected chi connectivity index (χ1v) is 16.2. The molecule has 2 heterocycles. The summed E-state index contributed by atoms with van der Waals surface area (Å²) >= 11 is 0. The van der Waals surface area contributed by atoms with E-state index in [1.54, 1.807) is 0 Å². The Balaban J connectivity index is 1.70. The molecule has 0 aliphatic carbocycles. The van der Waals surface area contributed by atoms with Crippen LogP contribution in [0.25, 0.3) is 0 Å². The second kappa shape index (κ2) is 14.3. The quantitative estimate of drug-likeness (QED) is 0.212. The number of aliphatic hydroxyl groups is 2. The van der Waals surface area contributed by atoms with Crippen LogP contribution in [0.15, 0.2) is 24.3 Å². The van der Waals surface area contributed by atoms with Crippen LogP contribution in [0, 0.1) is 0 Å². The molecule has 0 saturated carbocycles. The molecule has 0 spiro atoms. The molecule has 4 unspecified atom stereocenters. The molecule has 2 bridgehead atoms. The Labute approximate surface area is 258 Å². The summed E-state index contributed by atoms with van der Waals surface area (Å²) in [5.41, 5.74) is 4.71. The van der Waals surface area contributed by atoms with Crippen molar-refractivity contribution in [3.05, 3.63) is 57.6 Å². The molecule has 0 amide bonds. The first kappa shape index (κ1) is 33.7. The van der Waals surface area contributed by atoms with E-state index in [0.717, 1.165) is 59.1 Å². The van der Waals surface area contributed by atoms with Crippen molar-refractivity contribution in [2.75, 3.05) is 26.4 Å². The number of hydrogen-bond acceptors (Lipinski definition) is 7. The summed E-state index contributed by atoms with van der Waals surface area (Å²) < 4.78 is 31.1. The summed E-state index contributed by atoms with van der Waals surface area (Å²) in [5.74, 6) is 1.21. The predicted molar refractivity (Wildman–Crippen MR) is 169 cm³/mol. The van der Waals surface area contributed by atoms with Gasteiger partial charge in [-0.1, -0.05) is 68.2 Å². The highest BCUT2D eigenvalue weighted by Crippen LogP contribution is 2.53. The zero-order valence-electron chi connectivity index (χ0n) is 27.6. The maximum atomic E-state index is 11.4. The summed E-state index contributed by atoms with van der Waals surface area (Å²) in [4.78, 5) is 0. The standard InChI is InChI=1S/C36H54O7/c1-9-11-15-39-17-13-29(37)25-19-23(35(3,4)5)21-27-31(25)41-34-28-22-24(36(6,7)8)20-26(32(28)42-33(27)43-34)30(38)14-18-40-16-12-10-2/h19-22,29-30,33-34,37-38H,9-18H2,1-8H3. The largest absolute Gasteiger partial charge is 0.459 e. The normalized spacial score (nSPS) is 19.2. The second-order valence-electron chi connectivity index (χ2n) is 14.0. The van der Waals surface area contributed by atoms with E-state index in [1.807, 2.05) is 0 Å². The van der Waals surface area contributed by atoms with Crippen LogP contribution in [-0.2, 0) is 25.0 Å². The van der Waals surface area contributed by atoms with Crippen molar-refractivity contribution in [1.29, 1.82) is 0 Å². The van der Waals surface area contributed by atoms with Gasteiger partial charge in [0.25, 0.3) is 0 Å². The van der Waals surface area contributed by atoms with Crippen LogP contribution in [0.5, 0.6) is 11.5 Å². The van der Waals surface area contributed by atoms with Gasteiger partial charge in [-0.3, -0.25) is 4.74 Å². The van der Waals surface area contributed by atoms with E-state index in [0.29, 0.717) is 50.8 Å². The van der Waals surface area contributed by atoms with Crippen molar-refractivity contribution in [2.45, 2.75) is 130 Å². The highest BCUT2D eigenvalue weighted by atomic mass is 16.8. The van der Waals surface area contributed by atoms with Gasteiger partial charge in [0.05, 0.1) is 23.3 Å². The third kappa shape index (κ3) is 8.12. The number of benzene rings is 2. The summed E-state index contributed by atoms with van der Waals surface area (Å²) in [6, 6.07) is 8.24. The smallest absolute Gasteiger partial charge is 0.233 e. The SMILES string of the molecule is CCCCOCCC(O)c1cc(C(C)(C)C)cc2c1OC1OC2Oc2c(C(O)CCOCCCC)cc(C(C)(C)C)cc21. The Morgan fingerprint density at radius 3 is 1.40 bits per heavy atom. The average Bonchev–Trinajstić information content (AvgIpc) is 2.95. The maximum absolute atomic E-state index is 11.4. The number of ether oxygens (including phenoxy) is 5. The third-order valence-corrected chi connectivity index (χ3v) is 8.30. The van der Waals surface area contributed by atoms with Gasteiger partial charge >= 0.3 is 0 Å². The molecule has 7 heteroatoms. The van der Waals surface area contributed by atoms with Crippen LogP contribution >= 0.6 is 0 Å². The maximum Gasteiger partial charge on any atom is 0.233 e. The minimum Gasteiger partial charge on any atom is -0.459 e. The molecular formula is C36H54O7. The number of unbranched alkanes of at least 4 members (excludes halogenated alkanes) is 2. The Bertz CT molecular complexity index is 1120. The van der Waals surface area contributed by atoms with Crippen LogP contribution in [0.4, 0.5) is 0 Å². The van der Waals surface area contributed by atoms with E-state index in [4.69, 9.17) is 23.7 Å². The predicted octanol–water partition coefficient (Wildman–Crippen LogP) is 8.26. The molecule has 43 heavy (non-hydrogen) atoms. The summed E-state index contributed by atoms with van der Waals surface area (Å²) in [5, 5.41) is 22.8. The van der Waals surface area contributed by atoms with Crippen molar-refractivity contribution in [3.63, 3.8) is 0 Å². The zero-order chi connectivity index (χ0) is 31.4. The van der Waals surface area contributed by atoms with E-state index in [2.05, 4.69) is 79.7 Å². The lowest BCUT2D eigenvalue weighted by Gasteiger charge is -2.41. The minimum absolute atomic E-state index is 0.175. The number of rotatable bonds is 14. The van der Waals surface area contributed by atoms with Crippen molar-refractivity contribution in [1.82, 2.24) is 0 Å². The first-order valence-electron chi connectivity index (χ1n) is 16.2. The average molecular weight is 599 g/mol. The van der Waals surface area contributed by atoms with Gasteiger partial charge < -0.3 is 29.2 Å². The fourth-order valence-corrected chi connectivity index (χ4v) is 5.39. The van der Waals surface area contributed by atoms with Crippen LogP contribution in [0.1, 0.15) is 152 Å². The van der Waals surface area contributed by atoms with Crippen LogP contribution in [0.2, 0.25) is 0 Å². The van der Waals surface area contributed by atoms with E-state index in [-0.39, 0.29) is 10.8 Å². The zero-order valence-corrected chi connectivity index (χ0v) is 27.6. The number of aliphatic hydroxyl groups excluding tert-OH is 2. The van der Waals surface area contributed by atoms with Gasteiger partial charge in [0.1, 0.15) is 11.5 Å². The summed E-state index contributed by atoms with van der Waals surface area (Å²) in [6.07, 6.45) is 2.09. The molecule has 4 atom stereocenters. The molecule has 0 radical (unpaired) electrons.